The topological polar surface area (TPSA) is 87.1 Å². The highest BCUT2D eigenvalue weighted by atomic mass is 16.5. The van der Waals surface area contributed by atoms with E-state index in [0.717, 1.165) is 116 Å². The van der Waals surface area contributed by atoms with Crippen LogP contribution in [0.4, 0.5) is 0 Å². The van der Waals surface area contributed by atoms with Crippen molar-refractivity contribution in [2.45, 2.75) is 253 Å². The van der Waals surface area contributed by atoms with Crippen LogP contribution in [0.15, 0.2) is 0 Å². The van der Waals surface area contributed by atoms with Crippen LogP contribution >= 0.6 is 0 Å². The molecule has 2 atom stereocenters. The van der Waals surface area contributed by atoms with Crippen LogP contribution in [0.5, 0.6) is 0 Å². The molecule has 6 nitrogen and oxygen atoms in total. The van der Waals surface area contributed by atoms with Crippen LogP contribution in [0.2, 0.25) is 0 Å². The first-order chi connectivity index (χ1) is 26.3. The van der Waals surface area contributed by atoms with E-state index in [9.17, 15) is 19.8 Å². The third-order valence-corrected chi connectivity index (χ3v) is 12.5. The Morgan fingerprint density at radius 3 is 1.06 bits per heavy atom. The molecule has 0 aliphatic heterocycles. The quantitative estimate of drug-likeness (QED) is 0.0475. The van der Waals surface area contributed by atoms with Crippen molar-refractivity contribution in [1.29, 1.82) is 0 Å². The highest BCUT2D eigenvalue weighted by Crippen LogP contribution is 2.40. The lowest BCUT2D eigenvalue weighted by molar-refractivity contribution is -0.159. The number of rotatable bonds is 43. The summed E-state index contributed by atoms with van der Waals surface area (Å²) in [4.78, 5) is 28.8. The maximum absolute atomic E-state index is 13.5. The smallest absolute Gasteiger partial charge is 0.312 e. The first kappa shape index (κ1) is 52.9. The molecule has 0 aliphatic rings. The molecule has 0 aliphatic carbocycles. The lowest BCUT2D eigenvalue weighted by atomic mass is 9.74. The Bertz CT molecular complexity index is 836. The number of carboxylic acids is 1. The number of ether oxygens (including phenoxy) is 1. The molecule has 0 aromatic rings. The molecule has 0 radical (unpaired) electrons. The highest BCUT2D eigenvalue weighted by Gasteiger charge is 2.38. The zero-order chi connectivity index (χ0) is 40.0. The number of esters is 1. The SMILES string of the molecule is CCCCCCCCC(CCCCCC)(CCCCCCN(CC)CCCCCCC(CCCCCC)(CCCCCCCC)C(=O)OCCO)C(=O)O. The normalized spacial score (nSPS) is 14.0. The summed E-state index contributed by atoms with van der Waals surface area (Å²) in [7, 11) is 0. The van der Waals surface area contributed by atoms with Crippen LogP contribution in [0.25, 0.3) is 0 Å². The standard InChI is InChI=1S/C48H95NO5/c1-6-11-15-19-21-29-36-47(45(51)52,35-27-17-13-8-3)37-30-23-25-33-41-49(10-5)42-34-26-24-32-40-48(38-28-18-14-9-4,46(53)54-44-43-50)39-31-22-20-16-12-7-2/h50H,6-44H2,1-5H3,(H,51,52). The number of aliphatic hydroxyl groups is 1. The van der Waals surface area contributed by atoms with Gasteiger partial charge in [-0.2, -0.15) is 0 Å². The average molecular weight is 766 g/mol. The van der Waals surface area contributed by atoms with Crippen molar-refractivity contribution in [3.63, 3.8) is 0 Å². The lowest BCUT2D eigenvalue weighted by Crippen LogP contribution is -2.34. The van der Waals surface area contributed by atoms with E-state index < -0.39 is 16.8 Å². The molecule has 0 aromatic heterocycles. The fraction of sp³-hybridized carbons (Fsp3) is 0.958. The van der Waals surface area contributed by atoms with Crippen molar-refractivity contribution in [1.82, 2.24) is 4.90 Å². The van der Waals surface area contributed by atoms with Crippen LogP contribution < -0.4 is 0 Å². The van der Waals surface area contributed by atoms with Crippen LogP contribution in [0.1, 0.15) is 253 Å². The number of nitrogens with zero attached hydrogens (tertiary/aromatic N) is 1. The predicted molar refractivity (Wildman–Crippen MR) is 232 cm³/mol. The van der Waals surface area contributed by atoms with Gasteiger partial charge in [0, 0.05) is 0 Å². The molecule has 54 heavy (non-hydrogen) atoms. The largest absolute Gasteiger partial charge is 0.481 e. The van der Waals surface area contributed by atoms with Gasteiger partial charge in [0.05, 0.1) is 17.4 Å². The number of carbonyl (C=O) groups is 2. The van der Waals surface area contributed by atoms with Gasteiger partial charge in [-0.05, 0) is 71.0 Å². The van der Waals surface area contributed by atoms with E-state index in [1.165, 1.54) is 122 Å². The summed E-state index contributed by atoms with van der Waals surface area (Å²) in [5, 5.41) is 19.8. The highest BCUT2D eigenvalue weighted by molar-refractivity contribution is 5.76. The van der Waals surface area contributed by atoms with Gasteiger partial charge in [0.25, 0.3) is 0 Å². The number of carbonyl (C=O) groups excluding carboxylic acids is 1. The summed E-state index contributed by atoms with van der Waals surface area (Å²) < 4.78 is 5.65. The number of aliphatic carboxylic acids is 1. The van der Waals surface area contributed by atoms with Crippen molar-refractivity contribution in [2.24, 2.45) is 10.8 Å². The Hall–Kier alpha value is -1.14. The summed E-state index contributed by atoms with van der Waals surface area (Å²) in [5.41, 5.74) is -0.910. The second kappa shape index (κ2) is 37.4. The van der Waals surface area contributed by atoms with Gasteiger partial charge in [0.2, 0.25) is 0 Å². The van der Waals surface area contributed by atoms with E-state index in [-0.39, 0.29) is 19.2 Å². The first-order valence-electron chi connectivity index (χ1n) is 24.0. The first-order valence-corrected chi connectivity index (χ1v) is 24.0. The second-order valence-electron chi connectivity index (χ2n) is 17.1. The molecule has 0 fully saturated rings. The maximum atomic E-state index is 13.5. The lowest BCUT2D eigenvalue weighted by Gasteiger charge is -2.32. The minimum Gasteiger partial charge on any atom is -0.481 e. The summed E-state index contributed by atoms with van der Waals surface area (Å²) in [6, 6.07) is 0. The van der Waals surface area contributed by atoms with Crippen molar-refractivity contribution in [2.75, 3.05) is 32.8 Å². The molecule has 2 N–H and O–H groups in total. The number of hydrogen-bond acceptors (Lipinski definition) is 5. The Kier molecular flexibility index (Phi) is 36.6. The Balaban J connectivity index is 4.84. The van der Waals surface area contributed by atoms with Gasteiger partial charge in [-0.25, -0.2) is 0 Å². The van der Waals surface area contributed by atoms with E-state index in [1.54, 1.807) is 0 Å². The van der Waals surface area contributed by atoms with E-state index in [2.05, 4.69) is 39.5 Å². The zero-order valence-electron chi connectivity index (χ0n) is 37.1. The molecule has 0 saturated carbocycles. The summed E-state index contributed by atoms with van der Waals surface area (Å²) in [6.07, 6.45) is 38.5. The minimum absolute atomic E-state index is 0.0582. The van der Waals surface area contributed by atoms with E-state index >= 15 is 0 Å². The van der Waals surface area contributed by atoms with Gasteiger partial charge in [0.1, 0.15) is 6.61 Å². The zero-order valence-corrected chi connectivity index (χ0v) is 37.1. The van der Waals surface area contributed by atoms with Crippen LogP contribution in [-0.2, 0) is 14.3 Å². The van der Waals surface area contributed by atoms with Crippen molar-refractivity contribution >= 4 is 11.9 Å². The minimum atomic E-state index is -0.540. The van der Waals surface area contributed by atoms with Gasteiger partial charge in [-0.3, -0.25) is 9.59 Å². The molecular formula is C48H95NO5. The van der Waals surface area contributed by atoms with E-state index in [1.807, 2.05) is 0 Å². The number of unbranched alkanes of at least 4 members (excludes halogenated alkanes) is 22. The van der Waals surface area contributed by atoms with Gasteiger partial charge >= 0.3 is 11.9 Å². The molecule has 0 heterocycles. The third kappa shape index (κ3) is 26.7. The van der Waals surface area contributed by atoms with Gasteiger partial charge in [-0.15, -0.1) is 0 Å². The molecule has 0 aromatic carbocycles. The molecule has 2 unspecified atom stereocenters. The fourth-order valence-electron chi connectivity index (χ4n) is 8.67. The van der Waals surface area contributed by atoms with E-state index in [0.29, 0.717) is 0 Å². The molecular weight excluding hydrogens is 671 g/mol. The predicted octanol–water partition coefficient (Wildman–Crippen LogP) is 14.2. The summed E-state index contributed by atoms with van der Waals surface area (Å²) in [5.74, 6) is -0.598. The maximum Gasteiger partial charge on any atom is 0.312 e. The number of aliphatic hydroxyl groups excluding tert-OH is 1. The Morgan fingerprint density at radius 2 is 0.741 bits per heavy atom. The van der Waals surface area contributed by atoms with Crippen LogP contribution in [-0.4, -0.2) is 59.9 Å². The van der Waals surface area contributed by atoms with Crippen molar-refractivity contribution < 1.29 is 24.5 Å². The van der Waals surface area contributed by atoms with E-state index in [4.69, 9.17) is 4.74 Å². The second-order valence-corrected chi connectivity index (χ2v) is 17.1. The number of carboxylic acid groups (broad SMARTS) is 1. The van der Waals surface area contributed by atoms with Gasteiger partial charge in [0.15, 0.2) is 0 Å². The third-order valence-electron chi connectivity index (χ3n) is 12.5. The Labute approximate surface area is 337 Å². The molecule has 322 valence electrons. The molecule has 0 saturated heterocycles. The van der Waals surface area contributed by atoms with Crippen LogP contribution in [0.3, 0.4) is 0 Å². The molecule has 0 bridgehead atoms. The fourth-order valence-corrected chi connectivity index (χ4v) is 8.67. The Morgan fingerprint density at radius 1 is 0.444 bits per heavy atom. The van der Waals surface area contributed by atoms with Crippen molar-refractivity contribution in [3.8, 4) is 0 Å². The average Bonchev–Trinajstić information content (AvgIpc) is 3.17. The molecule has 6 heteroatoms. The van der Waals surface area contributed by atoms with Gasteiger partial charge < -0.3 is 19.8 Å². The molecule has 0 rings (SSSR count). The van der Waals surface area contributed by atoms with Crippen LogP contribution in [0, 0.1) is 10.8 Å². The monoisotopic (exact) mass is 766 g/mol. The molecule has 0 spiro atoms. The van der Waals surface area contributed by atoms with Gasteiger partial charge in [-0.1, -0.05) is 202 Å². The number of hydrogen-bond donors (Lipinski definition) is 2. The summed E-state index contributed by atoms with van der Waals surface area (Å²) >= 11 is 0. The van der Waals surface area contributed by atoms with Crippen molar-refractivity contribution in [3.05, 3.63) is 0 Å². The summed E-state index contributed by atoms with van der Waals surface area (Å²) in [6.45, 7) is 14.6. The molecule has 0 amide bonds.